The number of fused-ring (bicyclic) bond motifs is 1. The fourth-order valence-electron chi connectivity index (χ4n) is 1.93. The molecule has 0 aliphatic carbocycles. The van der Waals surface area contributed by atoms with Gasteiger partial charge in [-0.2, -0.15) is 0 Å². The van der Waals surface area contributed by atoms with Gasteiger partial charge in [-0.15, -0.1) is 0 Å². The van der Waals surface area contributed by atoms with Gasteiger partial charge in [0, 0.05) is 6.54 Å². The Kier molecular flexibility index (Phi) is 4.77. The second-order valence-electron chi connectivity index (χ2n) is 4.53. The summed E-state index contributed by atoms with van der Waals surface area (Å²) < 4.78 is 12.3. The lowest BCUT2D eigenvalue weighted by atomic mass is 10.3. The third kappa shape index (κ3) is 3.81. The summed E-state index contributed by atoms with van der Waals surface area (Å²) in [6.07, 6.45) is 2.99. The van der Waals surface area contributed by atoms with E-state index in [1.165, 1.54) is 12.3 Å². The van der Waals surface area contributed by atoms with Gasteiger partial charge in [0.25, 0.3) is 5.98 Å². The number of para-hydroxylation sites is 1. The minimum absolute atomic E-state index is 0.300. The van der Waals surface area contributed by atoms with Crippen LogP contribution in [0.25, 0.3) is 11.2 Å². The molecule has 0 radical (unpaired) electrons. The summed E-state index contributed by atoms with van der Waals surface area (Å²) in [6, 6.07) is 8.91. The Hall–Kier alpha value is -2.54. The van der Waals surface area contributed by atoms with E-state index in [-0.39, 0.29) is 0 Å². The van der Waals surface area contributed by atoms with Crippen molar-refractivity contribution in [2.24, 2.45) is 0 Å². The maximum absolute atomic E-state index is 11.7. The van der Waals surface area contributed by atoms with Crippen LogP contribution in [0.15, 0.2) is 43.0 Å². The molecule has 1 unspecified atom stereocenters. The molecule has 0 aliphatic rings. The molecule has 2 aromatic heterocycles. The molecule has 0 saturated carbocycles. The molecule has 3 aromatic rings. The van der Waals surface area contributed by atoms with Gasteiger partial charge in [0.15, 0.2) is 17.2 Å². The summed E-state index contributed by atoms with van der Waals surface area (Å²) in [5.41, 5.74) is 6.90. The molecular weight excluding hydrogens is 317 g/mol. The number of nitrogen functional groups attached to an aromatic ring is 1. The Labute approximate surface area is 133 Å². The quantitative estimate of drug-likeness (QED) is 0.528. The Balaban J connectivity index is 1.54. The molecule has 0 saturated heterocycles. The van der Waals surface area contributed by atoms with Crippen LogP contribution in [-0.2, 0) is 11.3 Å². The van der Waals surface area contributed by atoms with E-state index < -0.39 is 8.00 Å². The molecule has 0 fully saturated rings. The van der Waals surface area contributed by atoms with Gasteiger partial charge in [-0.25, -0.2) is 15.0 Å². The molecule has 0 amide bonds. The van der Waals surface area contributed by atoms with E-state index in [0.29, 0.717) is 35.9 Å². The summed E-state index contributed by atoms with van der Waals surface area (Å²) in [6.45, 7) is 0.784. The zero-order valence-corrected chi connectivity index (χ0v) is 13.0. The number of nitrogens with zero attached hydrogens (tertiary/aromatic N) is 4. The summed E-state index contributed by atoms with van der Waals surface area (Å²) >= 11 is 0. The van der Waals surface area contributed by atoms with Crippen molar-refractivity contribution in [3.63, 3.8) is 0 Å². The highest BCUT2D eigenvalue weighted by Gasteiger charge is 2.07. The highest BCUT2D eigenvalue weighted by molar-refractivity contribution is 7.44. The van der Waals surface area contributed by atoms with E-state index >= 15 is 0 Å². The third-order valence-electron chi connectivity index (χ3n) is 2.98. The Bertz CT molecular complexity index is 822. The predicted octanol–water partition coefficient (Wildman–Crippen LogP) is 0.936. The smallest absolute Gasteiger partial charge is 0.303 e. The van der Waals surface area contributed by atoms with Crippen molar-refractivity contribution < 1.29 is 14.2 Å². The van der Waals surface area contributed by atoms with Crippen LogP contribution in [0, 0.1) is 0 Å². The molecule has 1 aromatic carbocycles. The predicted molar refractivity (Wildman–Crippen MR) is 85.7 cm³/mol. The van der Waals surface area contributed by atoms with Crippen molar-refractivity contribution in [3.8, 4) is 5.75 Å². The van der Waals surface area contributed by atoms with E-state index in [0.717, 1.165) is 0 Å². The van der Waals surface area contributed by atoms with Crippen LogP contribution in [0.3, 0.4) is 0 Å². The molecule has 9 heteroatoms. The molecule has 8 nitrogen and oxygen atoms in total. The van der Waals surface area contributed by atoms with Crippen molar-refractivity contribution in [1.82, 2.24) is 19.5 Å². The van der Waals surface area contributed by atoms with Crippen molar-refractivity contribution >= 4 is 31.0 Å². The van der Waals surface area contributed by atoms with Gasteiger partial charge >= 0.3 is 8.00 Å². The molecule has 1 atom stereocenters. The lowest BCUT2D eigenvalue weighted by Gasteiger charge is -2.02. The number of ether oxygens (including phenoxy) is 1. The maximum Gasteiger partial charge on any atom is 0.303 e. The first kappa shape index (κ1) is 15.4. The van der Waals surface area contributed by atoms with Gasteiger partial charge in [-0.1, -0.05) is 18.2 Å². The van der Waals surface area contributed by atoms with Gasteiger partial charge in [0.1, 0.15) is 11.8 Å². The van der Waals surface area contributed by atoms with Gasteiger partial charge in [0.05, 0.1) is 12.9 Å². The summed E-state index contributed by atoms with van der Waals surface area (Å²) in [5, 5.41) is 0. The van der Waals surface area contributed by atoms with Crippen LogP contribution >= 0.6 is 8.00 Å². The number of aromatic nitrogens is 4. The number of nitrogens with two attached hydrogens (primary N) is 1. The number of rotatable bonds is 6. The summed E-state index contributed by atoms with van der Waals surface area (Å²) in [4.78, 5) is 23.9. The van der Waals surface area contributed by atoms with E-state index in [4.69, 9.17) is 15.0 Å². The number of hydrogen-bond donors (Lipinski definition) is 1. The monoisotopic (exact) mass is 331 g/mol. The van der Waals surface area contributed by atoms with Crippen molar-refractivity contribution in [2.45, 2.75) is 6.54 Å². The van der Waals surface area contributed by atoms with Crippen LogP contribution in [0.2, 0.25) is 0 Å². The van der Waals surface area contributed by atoms with Crippen LogP contribution in [-0.4, -0.2) is 32.1 Å². The van der Waals surface area contributed by atoms with Crippen molar-refractivity contribution in [3.05, 3.63) is 43.0 Å². The number of imidazole rings is 1. The van der Waals surface area contributed by atoms with Crippen molar-refractivity contribution in [1.29, 1.82) is 0 Å². The molecule has 0 bridgehead atoms. The normalized spacial score (nSPS) is 11.8. The van der Waals surface area contributed by atoms with Crippen LogP contribution in [0.4, 0.5) is 5.82 Å². The fraction of sp³-hybridized carbons (Fsp3) is 0.143. The second kappa shape index (κ2) is 7.15. The van der Waals surface area contributed by atoms with E-state index in [2.05, 4.69) is 15.0 Å². The Morgan fingerprint density at radius 3 is 2.87 bits per heavy atom. The van der Waals surface area contributed by atoms with Gasteiger partial charge in [0.2, 0.25) is 0 Å². The Morgan fingerprint density at radius 1 is 1.22 bits per heavy atom. The lowest BCUT2D eigenvalue weighted by Crippen LogP contribution is -2.07. The molecule has 2 heterocycles. The van der Waals surface area contributed by atoms with Crippen molar-refractivity contribution in [2.75, 3.05) is 12.3 Å². The van der Waals surface area contributed by atoms with Gasteiger partial charge in [-0.05, 0) is 12.1 Å². The molecule has 2 N–H and O–H groups in total. The van der Waals surface area contributed by atoms with Gasteiger partial charge in [-0.3, -0.25) is 4.52 Å². The van der Waals surface area contributed by atoms with Crippen LogP contribution in [0.5, 0.6) is 5.75 Å². The molecular formula is C14H14N5O3P. The topological polar surface area (TPSA) is 111 Å². The molecule has 23 heavy (non-hydrogen) atoms. The first-order valence-electron chi connectivity index (χ1n) is 6.79. The highest BCUT2D eigenvalue weighted by Crippen LogP contribution is 2.20. The number of anilines is 1. The van der Waals surface area contributed by atoms with Crippen LogP contribution in [0.1, 0.15) is 0 Å². The zero-order valence-electron chi connectivity index (χ0n) is 12.1. The average molecular weight is 331 g/mol. The SMILES string of the molecule is Nc1ncnc2c1ncn2CCOC=[P+]([O-])Oc1ccccc1. The lowest BCUT2D eigenvalue weighted by molar-refractivity contribution is -0.166. The van der Waals surface area contributed by atoms with E-state index in [9.17, 15) is 4.89 Å². The van der Waals surface area contributed by atoms with Gasteiger partial charge < -0.3 is 19.9 Å². The standard InChI is InChI=1S/C14H14N5O3P/c15-13-12-14(17-8-16-13)19(9-18-12)6-7-21-10-23(20)22-11-4-2-1-3-5-11/h1-5,8-10H,6-7H2,(H2,15,16,17). The fourth-order valence-corrected chi connectivity index (χ4v) is 2.53. The Morgan fingerprint density at radius 2 is 2.04 bits per heavy atom. The largest absolute Gasteiger partial charge is 0.593 e. The zero-order chi connectivity index (χ0) is 16.1. The first-order valence-corrected chi connectivity index (χ1v) is 8.04. The molecule has 0 aliphatic heterocycles. The number of benzene rings is 1. The minimum atomic E-state index is -2.03. The first-order chi connectivity index (χ1) is 11.2. The number of hydrogen-bond acceptors (Lipinski definition) is 7. The van der Waals surface area contributed by atoms with E-state index in [1.54, 1.807) is 35.2 Å². The summed E-state index contributed by atoms with van der Waals surface area (Å²) in [7, 11) is -2.03. The van der Waals surface area contributed by atoms with Crippen LogP contribution < -0.4 is 15.2 Å². The minimum Gasteiger partial charge on any atom is -0.593 e. The second-order valence-corrected chi connectivity index (χ2v) is 5.50. The third-order valence-corrected chi connectivity index (χ3v) is 3.69. The molecule has 3 rings (SSSR count). The highest BCUT2D eigenvalue weighted by atomic mass is 31.1. The average Bonchev–Trinajstić information content (AvgIpc) is 2.97. The summed E-state index contributed by atoms with van der Waals surface area (Å²) in [5.74, 6) is 2.05. The maximum atomic E-state index is 11.7. The molecule has 118 valence electrons. The molecule has 0 spiro atoms. The van der Waals surface area contributed by atoms with E-state index in [1.807, 2.05) is 6.07 Å².